The van der Waals surface area contributed by atoms with Crippen LogP contribution in [-0.4, -0.2) is 17.1 Å². The highest BCUT2D eigenvalue weighted by molar-refractivity contribution is 9.10. The van der Waals surface area contributed by atoms with E-state index < -0.39 is 0 Å². The lowest BCUT2D eigenvalue weighted by Crippen LogP contribution is -1.98. The molecule has 0 atom stereocenters. The lowest BCUT2D eigenvalue weighted by atomic mass is 10.3. The number of aromatic nitrogens is 2. The molecule has 0 fully saturated rings. The van der Waals surface area contributed by atoms with E-state index in [0.29, 0.717) is 11.6 Å². The van der Waals surface area contributed by atoms with Crippen molar-refractivity contribution in [3.8, 4) is 5.75 Å². The third kappa shape index (κ3) is 4.20. The summed E-state index contributed by atoms with van der Waals surface area (Å²) in [4.78, 5) is 8.47. The summed E-state index contributed by atoms with van der Waals surface area (Å²) in [7, 11) is 1.64. The van der Waals surface area contributed by atoms with Gasteiger partial charge in [-0.2, -0.15) is 0 Å². The number of hydrogen-bond acceptors (Lipinski definition) is 5. The Kier molecular flexibility index (Phi) is 4.73. The maximum absolute atomic E-state index is 5.22. The fraction of sp³-hybridized carbons (Fsp3) is 0.0588. The van der Waals surface area contributed by atoms with E-state index in [1.807, 2.05) is 54.6 Å². The number of benzene rings is 2. The van der Waals surface area contributed by atoms with Crippen LogP contribution in [0.1, 0.15) is 0 Å². The van der Waals surface area contributed by atoms with Crippen LogP contribution in [-0.2, 0) is 0 Å². The molecule has 0 bridgehead atoms. The molecule has 0 spiro atoms. The lowest BCUT2D eigenvalue weighted by molar-refractivity contribution is 0.415. The summed E-state index contributed by atoms with van der Waals surface area (Å²) in [6.45, 7) is 0. The van der Waals surface area contributed by atoms with Crippen molar-refractivity contribution in [2.45, 2.75) is 0 Å². The van der Waals surface area contributed by atoms with Crippen LogP contribution in [0.5, 0.6) is 5.75 Å². The average molecular weight is 371 g/mol. The summed E-state index contributed by atoms with van der Waals surface area (Å²) in [5, 5.41) is 6.48. The fourth-order valence-corrected chi connectivity index (χ4v) is 2.46. The van der Waals surface area contributed by atoms with E-state index in [1.54, 1.807) is 7.11 Å². The monoisotopic (exact) mass is 370 g/mol. The van der Waals surface area contributed by atoms with E-state index in [4.69, 9.17) is 4.74 Å². The number of anilines is 4. The highest BCUT2D eigenvalue weighted by Gasteiger charge is 2.02. The van der Waals surface area contributed by atoms with Crippen molar-refractivity contribution in [2.75, 3.05) is 17.7 Å². The molecule has 0 aliphatic heterocycles. The second-order valence-corrected chi connectivity index (χ2v) is 5.70. The number of hydrogen-bond donors (Lipinski definition) is 2. The topological polar surface area (TPSA) is 59.1 Å². The number of nitrogens with one attached hydrogen (secondary N) is 2. The zero-order valence-electron chi connectivity index (χ0n) is 12.5. The van der Waals surface area contributed by atoms with Gasteiger partial charge >= 0.3 is 0 Å². The largest absolute Gasteiger partial charge is 0.497 e. The Labute approximate surface area is 142 Å². The summed E-state index contributed by atoms with van der Waals surface area (Å²) in [6.07, 6.45) is 1.52. The van der Waals surface area contributed by atoms with Crippen LogP contribution in [0, 0.1) is 0 Å². The lowest BCUT2D eigenvalue weighted by Gasteiger charge is -2.09. The smallest absolute Gasteiger partial charge is 0.135 e. The van der Waals surface area contributed by atoms with Gasteiger partial charge in [0.05, 0.1) is 7.11 Å². The third-order valence-corrected chi connectivity index (χ3v) is 3.60. The first-order chi connectivity index (χ1) is 11.2. The maximum atomic E-state index is 5.22. The van der Waals surface area contributed by atoms with E-state index in [0.717, 1.165) is 21.6 Å². The molecule has 0 aliphatic carbocycles. The van der Waals surface area contributed by atoms with Gasteiger partial charge in [-0.25, -0.2) is 9.97 Å². The van der Waals surface area contributed by atoms with Gasteiger partial charge in [0.2, 0.25) is 0 Å². The average Bonchev–Trinajstić information content (AvgIpc) is 2.55. The molecule has 116 valence electrons. The zero-order valence-corrected chi connectivity index (χ0v) is 14.0. The van der Waals surface area contributed by atoms with Gasteiger partial charge in [0.15, 0.2) is 0 Å². The van der Waals surface area contributed by atoms with Crippen molar-refractivity contribution in [3.63, 3.8) is 0 Å². The molecule has 0 saturated heterocycles. The minimum absolute atomic E-state index is 0.700. The first-order valence-electron chi connectivity index (χ1n) is 6.99. The van der Waals surface area contributed by atoms with Crippen LogP contribution in [0.3, 0.4) is 0 Å². The van der Waals surface area contributed by atoms with Gasteiger partial charge in [0.1, 0.15) is 23.7 Å². The second-order valence-electron chi connectivity index (χ2n) is 4.78. The van der Waals surface area contributed by atoms with Gasteiger partial charge in [0.25, 0.3) is 0 Å². The Hall–Kier alpha value is -2.60. The van der Waals surface area contributed by atoms with Gasteiger partial charge < -0.3 is 15.4 Å². The predicted octanol–water partition coefficient (Wildman–Crippen LogP) is 4.73. The molecular weight excluding hydrogens is 356 g/mol. The molecule has 0 unspecified atom stereocenters. The van der Waals surface area contributed by atoms with Crippen molar-refractivity contribution in [1.29, 1.82) is 0 Å². The Morgan fingerprint density at radius 1 is 0.870 bits per heavy atom. The molecule has 0 saturated carbocycles. The highest BCUT2D eigenvalue weighted by atomic mass is 79.9. The summed E-state index contributed by atoms with van der Waals surface area (Å²) in [5.74, 6) is 2.20. The number of halogens is 1. The molecule has 0 amide bonds. The first kappa shape index (κ1) is 15.3. The standard InChI is InChI=1S/C17H15BrN4O/c1-23-15-7-3-6-14(9-15)22-17-10-16(19-11-20-17)21-13-5-2-4-12(18)8-13/h2-11H,1H3,(H2,19,20,21,22). The Morgan fingerprint density at radius 2 is 1.52 bits per heavy atom. The van der Waals surface area contributed by atoms with E-state index in [9.17, 15) is 0 Å². The normalized spacial score (nSPS) is 10.2. The molecule has 3 aromatic rings. The van der Waals surface area contributed by atoms with Crippen molar-refractivity contribution in [3.05, 3.63) is 65.4 Å². The summed E-state index contributed by atoms with van der Waals surface area (Å²) in [6, 6.07) is 17.4. The molecular formula is C17H15BrN4O. The summed E-state index contributed by atoms with van der Waals surface area (Å²) < 4.78 is 6.22. The molecule has 3 rings (SSSR count). The first-order valence-corrected chi connectivity index (χ1v) is 7.78. The number of rotatable bonds is 5. The van der Waals surface area contributed by atoms with Gasteiger partial charge in [0, 0.05) is 28.0 Å². The molecule has 1 aromatic heterocycles. The molecule has 2 aromatic carbocycles. The fourth-order valence-electron chi connectivity index (χ4n) is 2.06. The summed E-state index contributed by atoms with van der Waals surface area (Å²) in [5.41, 5.74) is 1.85. The minimum atomic E-state index is 0.700. The van der Waals surface area contributed by atoms with Gasteiger partial charge in [-0.15, -0.1) is 0 Å². The van der Waals surface area contributed by atoms with Crippen molar-refractivity contribution in [1.82, 2.24) is 9.97 Å². The third-order valence-electron chi connectivity index (χ3n) is 3.11. The van der Waals surface area contributed by atoms with E-state index >= 15 is 0 Å². The van der Waals surface area contributed by atoms with Crippen LogP contribution >= 0.6 is 15.9 Å². The maximum Gasteiger partial charge on any atom is 0.135 e. The number of ether oxygens (including phenoxy) is 1. The Morgan fingerprint density at radius 3 is 2.17 bits per heavy atom. The van der Waals surface area contributed by atoms with Gasteiger partial charge in [-0.05, 0) is 30.3 Å². The van der Waals surface area contributed by atoms with E-state index in [-0.39, 0.29) is 0 Å². The van der Waals surface area contributed by atoms with Crippen LogP contribution in [0.2, 0.25) is 0 Å². The second kappa shape index (κ2) is 7.11. The molecule has 6 heteroatoms. The minimum Gasteiger partial charge on any atom is -0.497 e. The van der Waals surface area contributed by atoms with Crippen LogP contribution in [0.25, 0.3) is 0 Å². The quantitative estimate of drug-likeness (QED) is 0.679. The van der Waals surface area contributed by atoms with Gasteiger partial charge in [-0.3, -0.25) is 0 Å². The molecule has 0 aliphatic rings. The SMILES string of the molecule is COc1cccc(Nc2cc(Nc3cccc(Br)c3)ncn2)c1. The van der Waals surface area contributed by atoms with Crippen molar-refractivity contribution >= 4 is 38.9 Å². The Bertz CT molecular complexity index is 810. The molecule has 5 nitrogen and oxygen atoms in total. The van der Waals surface area contributed by atoms with Crippen LogP contribution in [0.15, 0.2) is 65.4 Å². The van der Waals surface area contributed by atoms with Crippen LogP contribution in [0.4, 0.5) is 23.0 Å². The number of methoxy groups -OCH3 is 1. The predicted molar refractivity (Wildman–Crippen MR) is 95.7 cm³/mol. The van der Waals surface area contributed by atoms with E-state index in [2.05, 4.69) is 36.5 Å². The molecule has 0 radical (unpaired) electrons. The van der Waals surface area contributed by atoms with Crippen molar-refractivity contribution in [2.24, 2.45) is 0 Å². The molecule has 1 heterocycles. The molecule has 23 heavy (non-hydrogen) atoms. The van der Waals surface area contributed by atoms with E-state index in [1.165, 1.54) is 6.33 Å². The number of nitrogens with zero attached hydrogens (tertiary/aromatic N) is 2. The van der Waals surface area contributed by atoms with Crippen molar-refractivity contribution < 1.29 is 4.74 Å². The molecule has 2 N–H and O–H groups in total. The summed E-state index contributed by atoms with van der Waals surface area (Å²) >= 11 is 3.45. The Balaban J connectivity index is 1.76. The van der Waals surface area contributed by atoms with Crippen LogP contribution < -0.4 is 15.4 Å². The zero-order chi connectivity index (χ0) is 16.1. The highest BCUT2D eigenvalue weighted by Crippen LogP contribution is 2.23. The van der Waals surface area contributed by atoms with Gasteiger partial charge in [-0.1, -0.05) is 28.1 Å².